The van der Waals surface area contributed by atoms with E-state index in [0.717, 1.165) is 55.7 Å². The highest BCUT2D eigenvalue weighted by atomic mass is 16.5. The number of hydrogen-bond donors (Lipinski definition) is 2. The second-order valence-electron chi connectivity index (χ2n) is 7.70. The predicted molar refractivity (Wildman–Crippen MR) is 101 cm³/mol. The zero-order chi connectivity index (χ0) is 18.6. The molecule has 2 heterocycles. The van der Waals surface area contributed by atoms with E-state index in [2.05, 4.69) is 27.5 Å². The minimum atomic E-state index is -0.232. The molecular formula is C21H27N3O3. The number of fused-ring (bicyclic) bond motifs is 1. The van der Waals surface area contributed by atoms with Crippen LogP contribution in [0.3, 0.4) is 0 Å². The number of β-amino-alcohol motifs (C(OH)–C–C–N with tert-alkyl or cyclic N) is 1. The van der Waals surface area contributed by atoms with Crippen LogP contribution in [-0.4, -0.2) is 46.3 Å². The van der Waals surface area contributed by atoms with Gasteiger partial charge in [-0.15, -0.1) is 0 Å². The molecule has 2 atom stereocenters. The topological polar surface area (TPSA) is 78.6 Å². The first-order valence-corrected chi connectivity index (χ1v) is 9.87. The van der Waals surface area contributed by atoms with Gasteiger partial charge < -0.3 is 14.9 Å². The van der Waals surface area contributed by atoms with Crippen LogP contribution < -0.4 is 5.32 Å². The third kappa shape index (κ3) is 4.57. The van der Waals surface area contributed by atoms with Crippen LogP contribution in [0.4, 0.5) is 0 Å². The Kier molecular flexibility index (Phi) is 5.55. The van der Waals surface area contributed by atoms with Gasteiger partial charge in [0.25, 0.3) is 0 Å². The number of carbonyl (C=O) groups is 1. The van der Waals surface area contributed by atoms with Crippen molar-refractivity contribution in [1.82, 2.24) is 15.4 Å². The van der Waals surface area contributed by atoms with E-state index < -0.39 is 0 Å². The van der Waals surface area contributed by atoms with Crippen molar-refractivity contribution in [2.45, 2.75) is 57.2 Å². The van der Waals surface area contributed by atoms with Gasteiger partial charge in [-0.3, -0.25) is 9.69 Å². The van der Waals surface area contributed by atoms with Crippen molar-refractivity contribution < 1.29 is 14.4 Å². The van der Waals surface area contributed by atoms with E-state index in [4.69, 9.17) is 4.52 Å². The molecule has 2 aromatic rings. The lowest BCUT2D eigenvalue weighted by molar-refractivity contribution is -0.121. The zero-order valence-electron chi connectivity index (χ0n) is 15.6. The number of benzene rings is 1. The standard InChI is InChI=1S/C21H27N3O3/c25-17-10-11-24(13-17)14-19-18-12-16(7-8-20(18)27-23-19)22-21(26)9-6-15-4-2-1-3-5-15/h1-5,16-17,25H,6-14H2,(H,22,26)/t16?,17-/m1/s1. The van der Waals surface area contributed by atoms with Crippen LogP contribution in [0.5, 0.6) is 0 Å². The fourth-order valence-corrected chi connectivity index (χ4v) is 4.08. The van der Waals surface area contributed by atoms with Crippen molar-refractivity contribution in [2.75, 3.05) is 13.1 Å². The lowest BCUT2D eigenvalue weighted by atomic mass is 9.91. The molecule has 1 amide bonds. The molecule has 6 nitrogen and oxygen atoms in total. The lowest BCUT2D eigenvalue weighted by Crippen LogP contribution is -2.39. The van der Waals surface area contributed by atoms with Crippen molar-refractivity contribution in [3.63, 3.8) is 0 Å². The molecule has 0 bridgehead atoms. The normalized spacial score (nSPS) is 22.6. The van der Waals surface area contributed by atoms with E-state index in [9.17, 15) is 9.90 Å². The second kappa shape index (κ2) is 8.23. The SMILES string of the molecule is O=C(CCc1ccccc1)NC1CCc2onc(CN3CC[C@@H](O)C3)c2C1. The quantitative estimate of drug-likeness (QED) is 0.812. The first-order chi connectivity index (χ1) is 13.2. The Balaban J connectivity index is 1.31. The number of likely N-dealkylation sites (tertiary alicyclic amines) is 1. The fourth-order valence-electron chi connectivity index (χ4n) is 4.08. The summed E-state index contributed by atoms with van der Waals surface area (Å²) in [5.41, 5.74) is 3.30. The molecule has 1 fully saturated rings. The summed E-state index contributed by atoms with van der Waals surface area (Å²) >= 11 is 0. The first kappa shape index (κ1) is 18.2. The van der Waals surface area contributed by atoms with Crippen LogP contribution >= 0.6 is 0 Å². The van der Waals surface area contributed by atoms with E-state index >= 15 is 0 Å². The van der Waals surface area contributed by atoms with Gasteiger partial charge >= 0.3 is 0 Å². The Morgan fingerprint density at radius 2 is 2.15 bits per heavy atom. The van der Waals surface area contributed by atoms with Crippen LogP contribution in [0.25, 0.3) is 0 Å². The molecule has 1 saturated heterocycles. The number of aliphatic hydroxyl groups excluding tert-OH is 1. The average Bonchev–Trinajstić information content (AvgIpc) is 3.27. The number of rotatable bonds is 6. The number of aliphatic hydroxyl groups is 1. The molecule has 2 N–H and O–H groups in total. The Morgan fingerprint density at radius 3 is 2.93 bits per heavy atom. The van der Waals surface area contributed by atoms with E-state index in [1.165, 1.54) is 5.56 Å². The smallest absolute Gasteiger partial charge is 0.220 e. The summed E-state index contributed by atoms with van der Waals surface area (Å²) in [5.74, 6) is 1.06. The van der Waals surface area contributed by atoms with Crippen LogP contribution in [0.1, 0.15) is 41.8 Å². The fraction of sp³-hybridized carbons (Fsp3) is 0.524. The number of nitrogens with one attached hydrogen (secondary N) is 1. The number of amides is 1. The molecule has 27 heavy (non-hydrogen) atoms. The third-order valence-corrected chi connectivity index (χ3v) is 5.59. The van der Waals surface area contributed by atoms with Gasteiger partial charge in [0.2, 0.25) is 5.91 Å². The molecule has 144 valence electrons. The van der Waals surface area contributed by atoms with Gasteiger partial charge in [-0.05, 0) is 31.2 Å². The Hall–Kier alpha value is -2.18. The van der Waals surface area contributed by atoms with Crippen molar-refractivity contribution >= 4 is 5.91 Å². The monoisotopic (exact) mass is 369 g/mol. The van der Waals surface area contributed by atoms with Crippen LogP contribution in [0.2, 0.25) is 0 Å². The average molecular weight is 369 g/mol. The number of aromatic nitrogens is 1. The molecule has 1 aliphatic carbocycles. The molecule has 1 aromatic carbocycles. The lowest BCUT2D eigenvalue weighted by Gasteiger charge is -2.23. The summed E-state index contributed by atoms with van der Waals surface area (Å²) in [6.07, 6.45) is 4.34. The summed E-state index contributed by atoms with van der Waals surface area (Å²) in [7, 11) is 0. The maximum absolute atomic E-state index is 12.3. The Bertz CT molecular complexity index is 774. The highest BCUT2D eigenvalue weighted by Crippen LogP contribution is 2.26. The predicted octanol–water partition coefficient (Wildman–Crippen LogP) is 1.85. The number of nitrogens with zero attached hydrogens (tertiary/aromatic N) is 2. The molecule has 0 saturated carbocycles. The van der Waals surface area contributed by atoms with Gasteiger partial charge in [0.05, 0.1) is 6.10 Å². The molecule has 6 heteroatoms. The van der Waals surface area contributed by atoms with Crippen molar-refractivity contribution in [2.24, 2.45) is 0 Å². The molecule has 0 spiro atoms. The molecule has 1 aliphatic heterocycles. The van der Waals surface area contributed by atoms with Crippen LogP contribution in [0, 0.1) is 0 Å². The minimum absolute atomic E-state index is 0.105. The number of aryl methyl sites for hydroxylation is 2. The first-order valence-electron chi connectivity index (χ1n) is 9.87. The largest absolute Gasteiger partial charge is 0.392 e. The van der Waals surface area contributed by atoms with E-state index in [1.807, 2.05) is 18.2 Å². The van der Waals surface area contributed by atoms with Crippen molar-refractivity contribution in [3.05, 3.63) is 52.9 Å². The highest BCUT2D eigenvalue weighted by Gasteiger charge is 2.29. The zero-order valence-corrected chi connectivity index (χ0v) is 15.6. The summed E-state index contributed by atoms with van der Waals surface area (Å²) in [5, 5.41) is 17.2. The summed E-state index contributed by atoms with van der Waals surface area (Å²) < 4.78 is 5.53. The molecule has 1 unspecified atom stereocenters. The highest BCUT2D eigenvalue weighted by molar-refractivity contribution is 5.76. The van der Waals surface area contributed by atoms with E-state index in [1.54, 1.807) is 0 Å². The van der Waals surface area contributed by atoms with Gasteiger partial charge in [0.15, 0.2) is 0 Å². The van der Waals surface area contributed by atoms with Gasteiger partial charge in [0.1, 0.15) is 11.5 Å². The maximum atomic E-state index is 12.3. The van der Waals surface area contributed by atoms with Crippen molar-refractivity contribution in [3.8, 4) is 0 Å². The van der Waals surface area contributed by atoms with Crippen molar-refractivity contribution in [1.29, 1.82) is 0 Å². The Labute approximate surface area is 159 Å². The number of hydrogen-bond acceptors (Lipinski definition) is 5. The summed E-state index contributed by atoms with van der Waals surface area (Å²) in [6.45, 7) is 2.30. The minimum Gasteiger partial charge on any atom is -0.392 e. The molecule has 1 aromatic heterocycles. The van der Waals surface area contributed by atoms with Gasteiger partial charge in [0, 0.05) is 44.1 Å². The van der Waals surface area contributed by atoms with Gasteiger partial charge in [-0.2, -0.15) is 0 Å². The van der Waals surface area contributed by atoms with Gasteiger partial charge in [-0.25, -0.2) is 0 Å². The molecule has 2 aliphatic rings. The van der Waals surface area contributed by atoms with E-state index in [-0.39, 0.29) is 18.1 Å². The third-order valence-electron chi connectivity index (χ3n) is 5.59. The number of carbonyl (C=O) groups excluding carboxylic acids is 1. The molecule has 0 radical (unpaired) electrons. The van der Waals surface area contributed by atoms with E-state index in [0.29, 0.717) is 19.5 Å². The Morgan fingerprint density at radius 1 is 1.30 bits per heavy atom. The molecular weight excluding hydrogens is 342 g/mol. The summed E-state index contributed by atoms with van der Waals surface area (Å²) in [6, 6.07) is 10.2. The van der Waals surface area contributed by atoms with Crippen LogP contribution in [-0.2, 0) is 30.6 Å². The second-order valence-corrected chi connectivity index (χ2v) is 7.70. The van der Waals surface area contributed by atoms with Gasteiger partial charge in [-0.1, -0.05) is 35.5 Å². The summed E-state index contributed by atoms with van der Waals surface area (Å²) in [4.78, 5) is 14.6. The molecule has 4 rings (SSSR count). The maximum Gasteiger partial charge on any atom is 0.220 e. The van der Waals surface area contributed by atoms with Crippen LogP contribution in [0.15, 0.2) is 34.9 Å².